The fraction of sp³-hybridized carbons (Fsp3) is 0.100. The highest BCUT2D eigenvalue weighted by atomic mass is 16.6. The average molecular weight is 360 g/mol. The molecule has 7 heteroatoms. The number of hydrogen-bond donors (Lipinski definition) is 1. The molecule has 0 saturated carbocycles. The number of para-hydroxylation sites is 1. The Balaban J connectivity index is 2.03. The smallest absolute Gasteiger partial charge is 0.269 e. The van der Waals surface area contributed by atoms with E-state index in [1.807, 2.05) is 35.0 Å². The van der Waals surface area contributed by atoms with Crippen LogP contribution in [-0.2, 0) is 11.3 Å². The summed E-state index contributed by atoms with van der Waals surface area (Å²) in [5.41, 5.74) is 7.97. The van der Waals surface area contributed by atoms with Gasteiger partial charge < -0.3 is 10.3 Å². The van der Waals surface area contributed by atoms with Crippen molar-refractivity contribution in [3.63, 3.8) is 0 Å². The van der Waals surface area contributed by atoms with Gasteiger partial charge in [0, 0.05) is 47.8 Å². The summed E-state index contributed by atoms with van der Waals surface area (Å²) in [5.74, 6) is -0.381. The highest BCUT2D eigenvalue weighted by Crippen LogP contribution is 2.27. The number of carbonyl (C=O) groups is 1. The van der Waals surface area contributed by atoms with E-state index in [1.54, 1.807) is 18.2 Å². The van der Waals surface area contributed by atoms with Crippen LogP contribution in [0.3, 0.4) is 0 Å². The molecule has 1 heterocycles. The van der Waals surface area contributed by atoms with Gasteiger partial charge in [0.1, 0.15) is 0 Å². The first-order chi connectivity index (χ1) is 13.0. The van der Waals surface area contributed by atoms with Gasteiger partial charge in [-0.25, -0.2) is 0 Å². The monoisotopic (exact) mass is 360 g/mol. The number of benzene rings is 2. The van der Waals surface area contributed by atoms with Crippen LogP contribution in [0.2, 0.25) is 0 Å². The second kappa shape index (κ2) is 7.54. The first-order valence-electron chi connectivity index (χ1n) is 8.22. The molecule has 0 fully saturated rings. The van der Waals surface area contributed by atoms with Gasteiger partial charge in [-0.2, -0.15) is 5.26 Å². The van der Waals surface area contributed by atoms with Gasteiger partial charge in [0.2, 0.25) is 5.91 Å². The summed E-state index contributed by atoms with van der Waals surface area (Å²) < 4.78 is 1.93. The Morgan fingerprint density at radius 3 is 2.56 bits per heavy atom. The van der Waals surface area contributed by atoms with Crippen molar-refractivity contribution in [3.05, 3.63) is 76.0 Å². The molecule has 0 aliphatic rings. The number of nitro benzene ring substituents is 1. The molecule has 2 aromatic carbocycles. The third-order valence-electron chi connectivity index (χ3n) is 4.23. The first kappa shape index (κ1) is 17.9. The molecule has 0 unspecified atom stereocenters. The average Bonchev–Trinajstić information content (AvgIpc) is 3.02. The lowest BCUT2D eigenvalue weighted by atomic mass is 10.0. The van der Waals surface area contributed by atoms with Crippen molar-refractivity contribution in [2.24, 2.45) is 5.73 Å². The molecule has 0 aliphatic carbocycles. The quantitative estimate of drug-likeness (QED) is 0.411. The van der Waals surface area contributed by atoms with Crippen LogP contribution in [0.15, 0.2) is 54.7 Å². The van der Waals surface area contributed by atoms with Gasteiger partial charge in [0.25, 0.3) is 5.69 Å². The fourth-order valence-electron chi connectivity index (χ4n) is 2.90. The van der Waals surface area contributed by atoms with Crippen LogP contribution in [0.1, 0.15) is 17.5 Å². The molecule has 7 nitrogen and oxygen atoms in total. The van der Waals surface area contributed by atoms with Crippen LogP contribution >= 0.6 is 0 Å². The van der Waals surface area contributed by atoms with Crippen LogP contribution < -0.4 is 5.73 Å². The number of nitrogens with two attached hydrogens (primary N) is 1. The van der Waals surface area contributed by atoms with Crippen molar-refractivity contribution < 1.29 is 9.72 Å². The summed E-state index contributed by atoms with van der Waals surface area (Å²) in [5, 5.41) is 21.3. The van der Waals surface area contributed by atoms with Crippen molar-refractivity contribution in [1.29, 1.82) is 5.26 Å². The van der Waals surface area contributed by atoms with Crippen LogP contribution in [-0.4, -0.2) is 15.4 Å². The fourth-order valence-corrected chi connectivity index (χ4v) is 2.90. The van der Waals surface area contributed by atoms with E-state index in [0.717, 1.165) is 16.5 Å². The predicted molar refractivity (Wildman–Crippen MR) is 102 cm³/mol. The maximum absolute atomic E-state index is 11.1. The van der Waals surface area contributed by atoms with E-state index >= 15 is 0 Å². The van der Waals surface area contributed by atoms with Gasteiger partial charge in [0.05, 0.1) is 16.6 Å². The molecule has 0 atom stereocenters. The molecule has 3 rings (SSSR count). The molecule has 0 spiro atoms. The number of nitro groups is 1. The first-order valence-corrected chi connectivity index (χ1v) is 8.22. The molecule has 0 bridgehead atoms. The molecule has 0 saturated heterocycles. The van der Waals surface area contributed by atoms with E-state index in [4.69, 9.17) is 5.73 Å². The number of primary amides is 1. The van der Waals surface area contributed by atoms with Gasteiger partial charge in [-0.3, -0.25) is 14.9 Å². The van der Waals surface area contributed by atoms with E-state index in [-0.39, 0.29) is 18.0 Å². The van der Waals surface area contributed by atoms with E-state index in [9.17, 15) is 20.2 Å². The summed E-state index contributed by atoms with van der Waals surface area (Å²) in [7, 11) is 0. The Labute approximate surface area is 155 Å². The lowest BCUT2D eigenvalue weighted by Gasteiger charge is -2.02. The maximum atomic E-state index is 11.1. The third-order valence-corrected chi connectivity index (χ3v) is 4.23. The van der Waals surface area contributed by atoms with Crippen molar-refractivity contribution >= 4 is 34.1 Å². The molecule has 0 aliphatic heterocycles. The summed E-state index contributed by atoms with van der Waals surface area (Å²) >= 11 is 0. The summed E-state index contributed by atoms with van der Waals surface area (Å²) in [4.78, 5) is 21.4. The van der Waals surface area contributed by atoms with Crippen molar-refractivity contribution in [3.8, 4) is 6.07 Å². The Kier molecular flexibility index (Phi) is 4.99. The van der Waals surface area contributed by atoms with Crippen molar-refractivity contribution in [2.45, 2.75) is 13.0 Å². The molecule has 1 amide bonds. The van der Waals surface area contributed by atoms with Gasteiger partial charge in [-0.15, -0.1) is 0 Å². The lowest BCUT2D eigenvalue weighted by molar-refractivity contribution is -0.384. The lowest BCUT2D eigenvalue weighted by Crippen LogP contribution is -2.13. The second-order valence-corrected chi connectivity index (χ2v) is 5.99. The van der Waals surface area contributed by atoms with Crippen LogP contribution in [0, 0.1) is 21.4 Å². The zero-order valence-corrected chi connectivity index (χ0v) is 14.3. The number of carbonyl (C=O) groups excluding carboxylic acids is 1. The number of non-ortho nitro benzene ring substituents is 1. The van der Waals surface area contributed by atoms with Gasteiger partial charge >= 0.3 is 0 Å². The molecule has 134 valence electrons. The largest absolute Gasteiger partial charge is 0.370 e. The number of hydrogen-bond acceptors (Lipinski definition) is 4. The minimum Gasteiger partial charge on any atom is -0.370 e. The zero-order chi connectivity index (χ0) is 19.4. The van der Waals surface area contributed by atoms with E-state index < -0.39 is 4.92 Å². The van der Waals surface area contributed by atoms with Gasteiger partial charge in [0.15, 0.2) is 0 Å². The van der Waals surface area contributed by atoms with Crippen LogP contribution in [0.4, 0.5) is 5.69 Å². The zero-order valence-electron chi connectivity index (χ0n) is 14.3. The van der Waals surface area contributed by atoms with E-state index in [1.165, 1.54) is 12.1 Å². The number of rotatable bonds is 6. The molecular weight excluding hydrogens is 344 g/mol. The van der Waals surface area contributed by atoms with Crippen LogP contribution in [0.25, 0.3) is 22.6 Å². The number of amides is 1. The molecule has 3 aromatic rings. The Morgan fingerprint density at radius 1 is 1.22 bits per heavy atom. The SMILES string of the molecule is N#CC(=Cc1cn(CCC(N)=O)c2ccccc12)c1ccc([N+](=O)[O-])cc1. The van der Waals surface area contributed by atoms with Crippen molar-refractivity contribution in [1.82, 2.24) is 4.57 Å². The maximum Gasteiger partial charge on any atom is 0.269 e. The predicted octanol–water partition coefficient (Wildman–Crippen LogP) is 3.49. The number of nitrogens with zero attached hydrogens (tertiary/aromatic N) is 3. The highest BCUT2D eigenvalue weighted by molar-refractivity contribution is 5.98. The summed E-state index contributed by atoms with van der Waals surface area (Å²) in [6, 6.07) is 15.7. The standard InChI is InChI=1S/C20H16N4O3/c21-12-15(14-5-7-17(8-6-14)24(26)27)11-16-13-23(10-9-20(22)25)19-4-2-1-3-18(16)19/h1-8,11,13H,9-10H2,(H2,22,25). The summed E-state index contributed by atoms with van der Waals surface area (Å²) in [6.07, 6.45) is 3.83. The minimum absolute atomic E-state index is 0.0286. The normalized spacial score (nSPS) is 11.3. The Hall–Kier alpha value is -3.92. The molecule has 2 N–H and O–H groups in total. The van der Waals surface area contributed by atoms with Crippen LogP contribution in [0.5, 0.6) is 0 Å². The summed E-state index contributed by atoms with van der Waals surface area (Å²) in [6.45, 7) is 0.448. The van der Waals surface area contributed by atoms with Gasteiger partial charge in [-0.1, -0.05) is 18.2 Å². The highest BCUT2D eigenvalue weighted by Gasteiger charge is 2.11. The molecular formula is C20H16N4O3. The van der Waals surface area contributed by atoms with Crippen molar-refractivity contribution in [2.75, 3.05) is 0 Å². The number of nitriles is 1. The topological polar surface area (TPSA) is 115 Å². The number of allylic oxidation sites excluding steroid dienone is 1. The Morgan fingerprint density at radius 2 is 1.93 bits per heavy atom. The molecule has 1 aromatic heterocycles. The van der Waals surface area contributed by atoms with E-state index in [2.05, 4.69) is 6.07 Å². The van der Waals surface area contributed by atoms with E-state index in [0.29, 0.717) is 17.7 Å². The number of aromatic nitrogens is 1. The third kappa shape index (κ3) is 3.85. The minimum atomic E-state index is -0.480. The number of aryl methyl sites for hydroxylation is 1. The molecule has 27 heavy (non-hydrogen) atoms. The second-order valence-electron chi connectivity index (χ2n) is 5.99. The molecule has 0 radical (unpaired) electrons. The number of fused-ring (bicyclic) bond motifs is 1. The van der Waals surface area contributed by atoms with Gasteiger partial charge in [-0.05, 0) is 29.8 Å². The Bertz CT molecular complexity index is 1090.